The number of nitrogens with zero attached hydrogens (tertiary/aromatic N) is 3. The second-order valence-corrected chi connectivity index (χ2v) is 19.6. The van der Waals surface area contributed by atoms with Gasteiger partial charge in [0.2, 0.25) is 5.75 Å². The number of hydrogen-bond acceptors (Lipinski definition) is 6. The number of fused-ring (bicyclic) bond motifs is 1. The first kappa shape index (κ1) is 33.4. The van der Waals surface area contributed by atoms with E-state index in [1.165, 1.54) is 16.3 Å². The van der Waals surface area contributed by atoms with Gasteiger partial charge in [-0.15, -0.1) is 0 Å². The number of carbonyl (C=O) groups is 1. The van der Waals surface area contributed by atoms with Crippen LogP contribution in [0.2, 0.25) is 18.1 Å². The van der Waals surface area contributed by atoms with Gasteiger partial charge in [0.25, 0.3) is 11.8 Å². The van der Waals surface area contributed by atoms with Crippen LogP contribution in [0.5, 0.6) is 11.6 Å². The van der Waals surface area contributed by atoms with E-state index in [-0.39, 0.29) is 33.7 Å². The molecule has 2 aliphatic carbocycles. The number of amides is 1. The molecule has 45 heavy (non-hydrogen) atoms. The van der Waals surface area contributed by atoms with Crippen LogP contribution < -0.4 is 4.74 Å². The fourth-order valence-electron chi connectivity index (χ4n) is 6.41. The summed E-state index contributed by atoms with van der Waals surface area (Å²) >= 11 is 0. The maximum absolute atomic E-state index is 14.4. The molecule has 1 heterocycles. The van der Waals surface area contributed by atoms with Gasteiger partial charge in [-0.05, 0) is 72.5 Å². The van der Waals surface area contributed by atoms with Crippen LogP contribution in [-0.4, -0.2) is 60.5 Å². The number of carbonyl (C=O) groups excluding carboxylic acids is 1. The van der Waals surface area contributed by atoms with Crippen molar-refractivity contribution < 1.29 is 19.1 Å². The highest BCUT2D eigenvalue weighted by Crippen LogP contribution is 2.46. The average Bonchev–Trinajstić information content (AvgIpc) is 3.70. The Morgan fingerprint density at radius 3 is 2.44 bits per heavy atom. The summed E-state index contributed by atoms with van der Waals surface area (Å²) in [4.78, 5) is 25.8. The molecule has 0 saturated heterocycles. The lowest BCUT2D eigenvalue weighted by atomic mass is 9.74. The average molecular weight is 632 g/mol. The minimum Gasteiger partial charge on any atom is -0.491 e. The smallest absolute Gasteiger partial charge is 0.276 e. The van der Waals surface area contributed by atoms with Gasteiger partial charge in [-0.1, -0.05) is 89.4 Å². The molecule has 2 fully saturated rings. The third-order valence-corrected chi connectivity index (χ3v) is 14.9. The number of rotatable bonds is 14. The zero-order chi connectivity index (χ0) is 32.2. The molecule has 8 heteroatoms. The standard InChI is InChI=1S/C37H53N3O4Si/c1-7-8-23-43-33-32(35(42)40(26-27-18-19-27)22-24-44-45(5,6)36(2,3)4)38-31(39-34(33)41)25-37(20-11-12-21-37)30-17-13-15-28-14-9-10-16-29(28)30/h9-10,13-17,27H,7-8,11-12,18-26H2,1-6H3,(H,38,39,41). The van der Waals surface area contributed by atoms with Gasteiger partial charge in [-0.25, -0.2) is 4.98 Å². The second kappa shape index (κ2) is 13.8. The Morgan fingerprint density at radius 1 is 1.04 bits per heavy atom. The van der Waals surface area contributed by atoms with Crippen LogP contribution >= 0.6 is 0 Å². The first-order chi connectivity index (χ1) is 21.4. The van der Waals surface area contributed by atoms with Gasteiger partial charge in [-0.2, -0.15) is 4.98 Å². The molecule has 7 nitrogen and oxygen atoms in total. The molecule has 2 aliphatic rings. The SMILES string of the molecule is CCCCOc1c(O)nc(CC2(c3cccc4ccccc34)CCCC2)nc1C(=O)N(CCO[Si](C)(C)C(C)(C)C)CC1CC1. The van der Waals surface area contributed by atoms with Crippen LogP contribution in [0.3, 0.4) is 0 Å². The van der Waals surface area contributed by atoms with Crippen LogP contribution in [0.25, 0.3) is 10.8 Å². The van der Waals surface area contributed by atoms with E-state index < -0.39 is 8.32 Å². The van der Waals surface area contributed by atoms with Gasteiger partial charge in [0.15, 0.2) is 14.0 Å². The first-order valence-electron chi connectivity index (χ1n) is 17.1. The zero-order valence-electron chi connectivity index (χ0n) is 28.3. The fraction of sp³-hybridized carbons (Fsp3) is 0.595. The molecular weight excluding hydrogens is 579 g/mol. The molecule has 0 atom stereocenters. The summed E-state index contributed by atoms with van der Waals surface area (Å²) in [6, 6.07) is 15.1. The number of benzene rings is 2. The van der Waals surface area contributed by atoms with Crippen LogP contribution in [0.4, 0.5) is 0 Å². The lowest BCUT2D eigenvalue weighted by Gasteiger charge is -2.37. The van der Waals surface area contributed by atoms with Crippen molar-refractivity contribution in [2.45, 2.75) is 109 Å². The summed E-state index contributed by atoms with van der Waals surface area (Å²) in [6.07, 6.45) is 8.84. The minimum absolute atomic E-state index is 0.0895. The van der Waals surface area contributed by atoms with Crippen molar-refractivity contribution in [2.24, 2.45) is 5.92 Å². The summed E-state index contributed by atoms with van der Waals surface area (Å²) in [6.45, 7) is 15.3. The van der Waals surface area contributed by atoms with Crippen molar-refractivity contribution in [3.8, 4) is 11.6 Å². The molecule has 1 amide bonds. The lowest BCUT2D eigenvalue weighted by Crippen LogP contribution is -2.44. The highest BCUT2D eigenvalue weighted by Gasteiger charge is 2.40. The van der Waals surface area contributed by atoms with Gasteiger partial charge in [0.05, 0.1) is 13.2 Å². The molecule has 0 unspecified atom stereocenters. The van der Waals surface area contributed by atoms with E-state index in [1.807, 2.05) is 4.90 Å². The summed E-state index contributed by atoms with van der Waals surface area (Å²) in [7, 11) is -1.97. The van der Waals surface area contributed by atoms with Crippen LogP contribution in [0.1, 0.15) is 101 Å². The minimum atomic E-state index is -1.97. The van der Waals surface area contributed by atoms with E-state index in [9.17, 15) is 9.90 Å². The highest BCUT2D eigenvalue weighted by molar-refractivity contribution is 6.74. The van der Waals surface area contributed by atoms with Crippen molar-refractivity contribution in [2.75, 3.05) is 26.3 Å². The van der Waals surface area contributed by atoms with Crippen molar-refractivity contribution in [3.63, 3.8) is 0 Å². The molecule has 2 aromatic carbocycles. The molecule has 3 aromatic rings. The van der Waals surface area contributed by atoms with Gasteiger partial charge in [0, 0.05) is 24.9 Å². The number of ether oxygens (including phenoxy) is 1. The first-order valence-corrected chi connectivity index (χ1v) is 20.0. The van der Waals surface area contributed by atoms with Crippen LogP contribution in [-0.2, 0) is 16.3 Å². The van der Waals surface area contributed by atoms with E-state index in [2.05, 4.69) is 88.2 Å². The van der Waals surface area contributed by atoms with Crippen LogP contribution in [0, 0.1) is 5.92 Å². The molecule has 244 valence electrons. The molecule has 1 N–H and O–H groups in total. The summed E-state index contributed by atoms with van der Waals surface area (Å²) in [5.74, 6) is 0.645. The number of aromatic hydroxyl groups is 1. The monoisotopic (exact) mass is 631 g/mol. The Kier molecular flexibility index (Phi) is 10.2. The summed E-state index contributed by atoms with van der Waals surface area (Å²) in [5.41, 5.74) is 1.31. The van der Waals surface area contributed by atoms with Gasteiger partial charge >= 0.3 is 0 Å². The molecule has 0 aliphatic heterocycles. The maximum Gasteiger partial charge on any atom is 0.276 e. The quantitative estimate of drug-likeness (QED) is 0.142. The van der Waals surface area contributed by atoms with Gasteiger partial charge in [-0.3, -0.25) is 4.79 Å². The maximum atomic E-state index is 14.4. The molecule has 0 radical (unpaired) electrons. The third kappa shape index (κ3) is 7.71. The number of hydrogen-bond donors (Lipinski definition) is 1. The molecule has 2 saturated carbocycles. The zero-order valence-corrected chi connectivity index (χ0v) is 29.3. The Bertz CT molecular complexity index is 1470. The predicted octanol–water partition coefficient (Wildman–Crippen LogP) is 8.44. The van der Waals surface area contributed by atoms with Crippen molar-refractivity contribution in [1.29, 1.82) is 0 Å². The molecule has 5 rings (SSSR count). The van der Waals surface area contributed by atoms with Crippen molar-refractivity contribution in [3.05, 3.63) is 59.5 Å². The lowest BCUT2D eigenvalue weighted by molar-refractivity contribution is 0.0703. The topological polar surface area (TPSA) is 84.8 Å². The van der Waals surface area contributed by atoms with E-state index in [0.29, 0.717) is 44.5 Å². The van der Waals surface area contributed by atoms with E-state index in [0.717, 1.165) is 51.4 Å². The summed E-state index contributed by atoms with van der Waals surface area (Å²) < 4.78 is 12.5. The molecule has 0 bridgehead atoms. The fourth-order valence-corrected chi connectivity index (χ4v) is 7.44. The number of aromatic nitrogens is 2. The highest BCUT2D eigenvalue weighted by atomic mass is 28.4. The van der Waals surface area contributed by atoms with Gasteiger partial charge < -0.3 is 19.2 Å². The molecular formula is C37H53N3O4Si. The Balaban J connectivity index is 1.48. The Hall–Kier alpha value is -2.97. The van der Waals surface area contributed by atoms with Crippen molar-refractivity contribution in [1.82, 2.24) is 14.9 Å². The second-order valence-electron chi connectivity index (χ2n) is 14.8. The van der Waals surface area contributed by atoms with E-state index in [4.69, 9.17) is 14.1 Å². The van der Waals surface area contributed by atoms with E-state index in [1.54, 1.807) is 0 Å². The third-order valence-electron chi connectivity index (χ3n) is 10.4. The molecule has 1 aromatic heterocycles. The predicted molar refractivity (Wildman–Crippen MR) is 184 cm³/mol. The van der Waals surface area contributed by atoms with E-state index >= 15 is 0 Å². The Morgan fingerprint density at radius 2 is 1.76 bits per heavy atom. The largest absolute Gasteiger partial charge is 0.491 e. The normalized spacial score (nSPS) is 16.7. The van der Waals surface area contributed by atoms with Crippen molar-refractivity contribution >= 4 is 25.0 Å². The van der Waals surface area contributed by atoms with Crippen LogP contribution in [0.15, 0.2) is 42.5 Å². The number of unbranched alkanes of at least 4 members (excludes halogenated alkanes) is 1. The molecule has 0 spiro atoms. The van der Waals surface area contributed by atoms with Gasteiger partial charge in [0.1, 0.15) is 5.82 Å². The Labute approximate surface area is 270 Å². The summed E-state index contributed by atoms with van der Waals surface area (Å²) in [5, 5.41) is 13.9.